The Bertz CT molecular complexity index is 1170. The van der Waals surface area contributed by atoms with Crippen LogP contribution in [0, 0.1) is 11.8 Å². The van der Waals surface area contributed by atoms with Crippen LogP contribution in [0.1, 0.15) is 52.4 Å². The lowest BCUT2D eigenvalue weighted by Gasteiger charge is -2.35. The molecule has 1 N–H and O–H groups in total. The number of carbonyl (C=O) groups excluding carboxylic acids is 3. The van der Waals surface area contributed by atoms with Gasteiger partial charge in [-0.15, -0.1) is 0 Å². The van der Waals surface area contributed by atoms with Gasteiger partial charge in [0.25, 0.3) is 0 Å². The second kappa shape index (κ2) is 12.8. The van der Waals surface area contributed by atoms with E-state index in [0.717, 1.165) is 37.1 Å². The summed E-state index contributed by atoms with van der Waals surface area (Å²) < 4.78 is 12.3. The van der Waals surface area contributed by atoms with Crippen LogP contribution in [-0.4, -0.2) is 89.8 Å². The number of ether oxygens (including phenoxy) is 2. The lowest BCUT2D eigenvalue weighted by molar-refractivity contribution is -0.147. The smallest absolute Gasteiger partial charge is 0.249 e. The largest absolute Gasteiger partial charge is 0.494 e. The first-order valence-electron chi connectivity index (χ1n) is 15.2. The highest BCUT2D eigenvalue weighted by Gasteiger charge is 2.71. The standard InChI is InChI=1S/C32H43N3O6/c1-3-5-7-18-33-19-11-17-32-27(30(38)35(28(32)31(33)39)20-8-6-9-22-36)26-25(41-32)12-10-21-34(29(26)37)23-13-15-24(16-14-23)40-4-2/h10-17,25-28,36H,3-9,18-22H2,1-2H3/t25-,26+,27+,28?,32+/m1/s1. The third-order valence-electron chi connectivity index (χ3n) is 8.79. The number of amides is 3. The maximum atomic E-state index is 14.3. The Kier molecular flexibility index (Phi) is 9.14. The van der Waals surface area contributed by atoms with Crippen molar-refractivity contribution in [2.24, 2.45) is 11.8 Å². The van der Waals surface area contributed by atoms with E-state index in [-0.39, 0.29) is 24.3 Å². The van der Waals surface area contributed by atoms with E-state index in [0.29, 0.717) is 45.6 Å². The van der Waals surface area contributed by atoms with E-state index in [1.165, 1.54) is 0 Å². The van der Waals surface area contributed by atoms with Gasteiger partial charge in [-0.25, -0.2) is 0 Å². The van der Waals surface area contributed by atoms with Crippen LogP contribution in [-0.2, 0) is 19.1 Å². The molecule has 4 heterocycles. The van der Waals surface area contributed by atoms with Crippen LogP contribution in [0.4, 0.5) is 5.69 Å². The van der Waals surface area contributed by atoms with Gasteiger partial charge in [0.1, 0.15) is 17.4 Å². The number of hydrogen-bond donors (Lipinski definition) is 1. The van der Waals surface area contributed by atoms with Gasteiger partial charge in [0.2, 0.25) is 17.7 Å². The molecule has 0 radical (unpaired) electrons. The second-order valence-electron chi connectivity index (χ2n) is 11.4. The summed E-state index contributed by atoms with van der Waals surface area (Å²) in [5.41, 5.74) is -0.482. The summed E-state index contributed by atoms with van der Waals surface area (Å²) in [7, 11) is 0. The average molecular weight is 566 g/mol. The van der Waals surface area contributed by atoms with E-state index in [9.17, 15) is 19.5 Å². The lowest BCUT2D eigenvalue weighted by Crippen LogP contribution is -2.55. The van der Waals surface area contributed by atoms with Gasteiger partial charge in [-0.2, -0.15) is 0 Å². The number of aliphatic hydroxyl groups is 1. The monoisotopic (exact) mass is 565 g/mol. The summed E-state index contributed by atoms with van der Waals surface area (Å²) >= 11 is 0. The summed E-state index contributed by atoms with van der Waals surface area (Å²) in [6.45, 7) is 6.53. The van der Waals surface area contributed by atoms with Crippen LogP contribution in [0.3, 0.4) is 0 Å². The Morgan fingerprint density at radius 1 is 0.927 bits per heavy atom. The van der Waals surface area contributed by atoms with Crippen molar-refractivity contribution in [1.82, 2.24) is 9.80 Å². The van der Waals surface area contributed by atoms with E-state index in [1.54, 1.807) is 9.80 Å². The summed E-state index contributed by atoms with van der Waals surface area (Å²) in [5.74, 6) is -1.31. The Hall–Kier alpha value is -3.17. The van der Waals surface area contributed by atoms with E-state index in [4.69, 9.17) is 9.47 Å². The molecule has 0 bridgehead atoms. The van der Waals surface area contributed by atoms with Crippen LogP contribution in [0.25, 0.3) is 0 Å². The predicted octanol–water partition coefficient (Wildman–Crippen LogP) is 3.32. The fraction of sp³-hybridized carbons (Fsp3) is 0.594. The highest BCUT2D eigenvalue weighted by Crippen LogP contribution is 2.53. The molecule has 0 aromatic heterocycles. The first-order chi connectivity index (χ1) is 20.0. The first kappa shape index (κ1) is 29.3. The number of nitrogens with zero attached hydrogens (tertiary/aromatic N) is 3. The minimum Gasteiger partial charge on any atom is -0.494 e. The van der Waals surface area contributed by atoms with Gasteiger partial charge in [-0.05, 0) is 56.9 Å². The molecule has 0 aliphatic carbocycles. The minimum absolute atomic E-state index is 0.0892. The predicted molar refractivity (Wildman–Crippen MR) is 155 cm³/mol. The molecule has 1 unspecified atom stereocenters. The Balaban J connectivity index is 1.48. The number of anilines is 1. The zero-order chi connectivity index (χ0) is 29.0. The minimum atomic E-state index is -1.21. The third-order valence-corrected chi connectivity index (χ3v) is 8.79. The summed E-state index contributed by atoms with van der Waals surface area (Å²) in [6, 6.07) is 6.59. The summed E-state index contributed by atoms with van der Waals surface area (Å²) in [6.07, 6.45) is 12.1. The van der Waals surface area contributed by atoms with Gasteiger partial charge < -0.3 is 29.3 Å². The van der Waals surface area contributed by atoms with Crippen molar-refractivity contribution in [3.63, 3.8) is 0 Å². The average Bonchev–Trinajstić information content (AvgIpc) is 3.28. The number of likely N-dealkylation sites (tertiary alicyclic amines) is 1. The van der Waals surface area contributed by atoms with Crippen molar-refractivity contribution < 1.29 is 29.0 Å². The molecule has 9 heteroatoms. The molecule has 222 valence electrons. The van der Waals surface area contributed by atoms with E-state index >= 15 is 0 Å². The number of carbonyl (C=O) groups is 3. The zero-order valence-corrected chi connectivity index (χ0v) is 24.2. The number of unbranched alkanes of at least 4 members (excludes halogenated alkanes) is 4. The molecular weight excluding hydrogens is 522 g/mol. The van der Waals surface area contributed by atoms with Crippen LogP contribution < -0.4 is 9.64 Å². The molecule has 41 heavy (non-hydrogen) atoms. The van der Waals surface area contributed by atoms with E-state index < -0.39 is 29.6 Å². The van der Waals surface area contributed by atoms with Gasteiger partial charge in [0, 0.05) is 38.5 Å². The maximum absolute atomic E-state index is 14.3. The van der Waals surface area contributed by atoms with E-state index in [2.05, 4.69) is 6.92 Å². The summed E-state index contributed by atoms with van der Waals surface area (Å²) in [5, 5.41) is 9.26. The van der Waals surface area contributed by atoms with Crippen molar-refractivity contribution in [3.8, 4) is 5.75 Å². The van der Waals surface area contributed by atoms with E-state index in [1.807, 2.05) is 60.4 Å². The molecule has 9 nitrogen and oxygen atoms in total. The molecule has 0 saturated carbocycles. The van der Waals surface area contributed by atoms with Crippen LogP contribution in [0.2, 0.25) is 0 Å². The molecule has 1 spiro atoms. The fourth-order valence-corrected chi connectivity index (χ4v) is 6.87. The molecule has 5 atom stereocenters. The molecule has 3 amide bonds. The molecule has 2 fully saturated rings. The molecule has 4 aliphatic heterocycles. The second-order valence-corrected chi connectivity index (χ2v) is 11.4. The van der Waals surface area contributed by atoms with Crippen molar-refractivity contribution >= 4 is 23.4 Å². The topological polar surface area (TPSA) is 99.6 Å². The van der Waals surface area contributed by atoms with Crippen molar-refractivity contribution in [1.29, 1.82) is 0 Å². The highest BCUT2D eigenvalue weighted by molar-refractivity contribution is 6.03. The van der Waals surface area contributed by atoms with Gasteiger partial charge >= 0.3 is 0 Å². The number of fused-ring (bicyclic) bond motifs is 2. The molecule has 1 aromatic rings. The lowest BCUT2D eigenvalue weighted by atomic mass is 9.77. The third kappa shape index (κ3) is 5.42. The number of benzene rings is 1. The van der Waals surface area contributed by atoms with Crippen molar-refractivity contribution in [2.75, 3.05) is 44.3 Å². The quantitative estimate of drug-likeness (QED) is 0.308. The first-order valence-corrected chi connectivity index (χ1v) is 15.2. The van der Waals surface area contributed by atoms with Gasteiger partial charge in [0.15, 0.2) is 0 Å². The molecule has 2 saturated heterocycles. The zero-order valence-electron chi connectivity index (χ0n) is 24.2. The van der Waals surface area contributed by atoms with Crippen LogP contribution in [0.5, 0.6) is 5.75 Å². The Morgan fingerprint density at radius 2 is 1.71 bits per heavy atom. The number of hydrogen-bond acceptors (Lipinski definition) is 6. The molecular formula is C32H43N3O6. The van der Waals surface area contributed by atoms with Gasteiger partial charge in [-0.3, -0.25) is 14.4 Å². The molecule has 4 aliphatic rings. The van der Waals surface area contributed by atoms with Crippen molar-refractivity contribution in [2.45, 2.75) is 70.1 Å². The molecule has 5 rings (SSSR count). The Morgan fingerprint density at radius 3 is 2.44 bits per heavy atom. The number of rotatable bonds is 12. The van der Waals surface area contributed by atoms with Gasteiger partial charge in [-0.1, -0.05) is 44.1 Å². The SMILES string of the molecule is CCCCCN1CC=C[C@]23O[C@@H]4C=CCN(c5ccc(OCC)cc5)C(=O)[C@@H]4[C@H]2C(=O)N(CCCCCO)C3C1=O. The summed E-state index contributed by atoms with van der Waals surface area (Å²) in [4.78, 5) is 47.9. The molecule has 1 aromatic carbocycles. The van der Waals surface area contributed by atoms with Crippen molar-refractivity contribution in [3.05, 3.63) is 48.6 Å². The highest BCUT2D eigenvalue weighted by atomic mass is 16.5. The maximum Gasteiger partial charge on any atom is 0.249 e. The fourth-order valence-electron chi connectivity index (χ4n) is 6.87. The van der Waals surface area contributed by atoms with Gasteiger partial charge in [0.05, 0.1) is 24.5 Å². The van der Waals surface area contributed by atoms with Crippen LogP contribution in [0.15, 0.2) is 48.6 Å². The number of aliphatic hydroxyl groups excluding tert-OH is 1. The Labute approximate surface area is 242 Å². The van der Waals surface area contributed by atoms with Crippen LogP contribution >= 0.6 is 0 Å². The normalized spacial score (nSPS) is 29.0.